The maximum atomic E-state index is 12.0. The standard InChI is InChI=1S/C6HF5.C5H5N.BH3O3/c7-2-1-3(8)5(10)6(11)4(2)9;1-2-4-6-5-3-1;2-1(3)4/h1H;1-5H;2-4H. The molecular formula is C11H9BF5NO3. The van der Waals surface area contributed by atoms with Crippen LogP contribution < -0.4 is 0 Å². The molecule has 21 heavy (non-hydrogen) atoms. The smallest absolute Gasteiger partial charge is 0.402 e. The fourth-order valence-electron chi connectivity index (χ4n) is 0.857. The van der Waals surface area contributed by atoms with Crippen molar-refractivity contribution in [3.8, 4) is 0 Å². The van der Waals surface area contributed by atoms with E-state index in [0.29, 0.717) is 0 Å². The Morgan fingerprint density at radius 3 is 1.33 bits per heavy atom. The summed E-state index contributed by atoms with van der Waals surface area (Å²) in [5.41, 5.74) is 0. The van der Waals surface area contributed by atoms with E-state index in [1.54, 1.807) is 12.4 Å². The van der Waals surface area contributed by atoms with Gasteiger partial charge in [-0.25, -0.2) is 22.0 Å². The molecule has 0 aliphatic heterocycles. The summed E-state index contributed by atoms with van der Waals surface area (Å²) >= 11 is 0. The minimum absolute atomic E-state index is 0.0618. The molecule has 0 spiro atoms. The van der Waals surface area contributed by atoms with Crippen molar-refractivity contribution >= 4 is 7.32 Å². The summed E-state index contributed by atoms with van der Waals surface area (Å²) in [4.78, 5) is 3.78. The predicted octanol–water partition coefficient (Wildman–Crippen LogP) is 1.41. The van der Waals surface area contributed by atoms with Crippen molar-refractivity contribution in [3.63, 3.8) is 0 Å². The van der Waals surface area contributed by atoms with Crippen LogP contribution in [-0.2, 0) is 0 Å². The zero-order valence-corrected chi connectivity index (χ0v) is 10.2. The number of rotatable bonds is 0. The summed E-state index contributed by atoms with van der Waals surface area (Å²) in [6.07, 6.45) is 3.50. The second kappa shape index (κ2) is 9.80. The first-order chi connectivity index (χ1) is 9.77. The van der Waals surface area contributed by atoms with Gasteiger partial charge in [0.2, 0.25) is 5.82 Å². The fourth-order valence-corrected chi connectivity index (χ4v) is 0.857. The molecule has 4 nitrogen and oxygen atoms in total. The molecule has 2 aromatic rings. The van der Waals surface area contributed by atoms with Crippen molar-refractivity contribution < 1.29 is 37.0 Å². The first kappa shape index (κ1) is 19.0. The zero-order valence-electron chi connectivity index (χ0n) is 10.2. The molecule has 0 radical (unpaired) electrons. The van der Waals surface area contributed by atoms with E-state index in [1.807, 2.05) is 18.2 Å². The first-order valence-electron chi connectivity index (χ1n) is 5.15. The van der Waals surface area contributed by atoms with E-state index in [2.05, 4.69) is 4.98 Å². The largest absolute Gasteiger partial charge is 0.631 e. The molecule has 0 aliphatic rings. The quantitative estimate of drug-likeness (QED) is 0.298. The number of benzene rings is 1. The molecule has 1 aromatic heterocycles. The van der Waals surface area contributed by atoms with Gasteiger partial charge in [0.1, 0.15) is 0 Å². The second-order valence-corrected chi connectivity index (χ2v) is 3.15. The lowest BCUT2D eigenvalue weighted by Gasteiger charge is -1.96. The fraction of sp³-hybridized carbons (Fsp3) is 0. The van der Waals surface area contributed by atoms with E-state index in [4.69, 9.17) is 15.1 Å². The Bertz CT molecular complexity index is 489. The lowest BCUT2D eigenvalue weighted by Crippen LogP contribution is -2.07. The van der Waals surface area contributed by atoms with Crippen LogP contribution in [0.2, 0.25) is 0 Å². The van der Waals surface area contributed by atoms with Crippen molar-refractivity contribution in [2.24, 2.45) is 0 Å². The van der Waals surface area contributed by atoms with Crippen LogP contribution >= 0.6 is 0 Å². The molecule has 0 bridgehead atoms. The van der Waals surface area contributed by atoms with Crippen LogP contribution in [0.25, 0.3) is 0 Å². The molecule has 114 valence electrons. The van der Waals surface area contributed by atoms with E-state index in [-0.39, 0.29) is 6.07 Å². The van der Waals surface area contributed by atoms with Crippen LogP contribution in [-0.4, -0.2) is 27.4 Å². The monoisotopic (exact) mass is 309 g/mol. The van der Waals surface area contributed by atoms with Gasteiger partial charge in [-0.15, -0.1) is 0 Å². The van der Waals surface area contributed by atoms with Gasteiger partial charge >= 0.3 is 7.32 Å². The third-order valence-electron chi connectivity index (χ3n) is 1.62. The minimum atomic E-state index is -2.17. The van der Waals surface area contributed by atoms with Crippen LogP contribution in [0.4, 0.5) is 22.0 Å². The lowest BCUT2D eigenvalue weighted by molar-refractivity contribution is 0.278. The molecule has 10 heteroatoms. The van der Waals surface area contributed by atoms with Crippen LogP contribution in [0.15, 0.2) is 36.7 Å². The minimum Gasteiger partial charge on any atom is -0.402 e. The molecule has 0 fully saturated rings. The van der Waals surface area contributed by atoms with Gasteiger partial charge in [0.05, 0.1) is 0 Å². The number of pyridine rings is 1. The maximum absolute atomic E-state index is 12.0. The van der Waals surface area contributed by atoms with Crippen LogP contribution in [0, 0.1) is 29.1 Å². The molecule has 0 saturated carbocycles. The number of aromatic nitrogens is 1. The maximum Gasteiger partial charge on any atom is 0.631 e. The highest BCUT2D eigenvalue weighted by Gasteiger charge is 2.18. The van der Waals surface area contributed by atoms with E-state index < -0.39 is 36.4 Å². The summed E-state index contributed by atoms with van der Waals surface area (Å²) in [5, 5.41) is 21.5. The summed E-state index contributed by atoms with van der Waals surface area (Å²) in [6, 6.07) is 5.65. The SMILES string of the molecule is Fc1cc(F)c(F)c(F)c1F.OB(O)O.c1ccncc1. The van der Waals surface area contributed by atoms with Crippen molar-refractivity contribution in [1.82, 2.24) is 4.98 Å². The molecule has 0 unspecified atom stereocenters. The van der Waals surface area contributed by atoms with E-state index in [1.165, 1.54) is 0 Å². The molecule has 1 heterocycles. The highest BCUT2D eigenvalue weighted by atomic mass is 19.2. The molecule has 0 atom stereocenters. The Morgan fingerprint density at radius 2 is 1.10 bits per heavy atom. The Balaban J connectivity index is 0.000000335. The van der Waals surface area contributed by atoms with Gasteiger partial charge < -0.3 is 15.1 Å². The molecule has 1 aromatic carbocycles. The van der Waals surface area contributed by atoms with Crippen molar-refractivity contribution in [2.45, 2.75) is 0 Å². The van der Waals surface area contributed by atoms with Crippen molar-refractivity contribution in [1.29, 1.82) is 0 Å². The van der Waals surface area contributed by atoms with Gasteiger partial charge in [0.15, 0.2) is 23.3 Å². The zero-order chi connectivity index (χ0) is 16.4. The first-order valence-corrected chi connectivity index (χ1v) is 5.15. The van der Waals surface area contributed by atoms with E-state index in [9.17, 15) is 22.0 Å². The highest BCUT2D eigenvalue weighted by Crippen LogP contribution is 2.16. The molecule has 2 rings (SSSR count). The Labute approximate surface area is 116 Å². The third-order valence-corrected chi connectivity index (χ3v) is 1.62. The average molecular weight is 309 g/mol. The highest BCUT2D eigenvalue weighted by molar-refractivity contribution is 6.30. The van der Waals surface area contributed by atoms with Gasteiger partial charge in [-0.1, -0.05) is 6.07 Å². The molecule has 0 saturated heterocycles. The summed E-state index contributed by atoms with van der Waals surface area (Å²) < 4.78 is 60.0. The summed E-state index contributed by atoms with van der Waals surface area (Å²) in [6.45, 7) is 0. The summed E-state index contributed by atoms with van der Waals surface area (Å²) in [5.74, 6) is -9.65. The second-order valence-electron chi connectivity index (χ2n) is 3.15. The van der Waals surface area contributed by atoms with Crippen molar-refractivity contribution in [3.05, 3.63) is 65.7 Å². The van der Waals surface area contributed by atoms with Gasteiger partial charge in [0, 0.05) is 18.5 Å². The van der Waals surface area contributed by atoms with Gasteiger partial charge in [-0.05, 0) is 12.1 Å². The molecule has 3 N–H and O–H groups in total. The van der Waals surface area contributed by atoms with Crippen molar-refractivity contribution in [2.75, 3.05) is 0 Å². The Kier molecular flexibility index (Phi) is 8.85. The lowest BCUT2D eigenvalue weighted by atomic mass is 10.3. The van der Waals surface area contributed by atoms with Crippen LogP contribution in [0.5, 0.6) is 0 Å². The predicted molar refractivity (Wildman–Crippen MR) is 62.9 cm³/mol. The number of halogens is 5. The average Bonchev–Trinajstić information content (AvgIpc) is 2.45. The Morgan fingerprint density at radius 1 is 0.714 bits per heavy atom. The van der Waals surface area contributed by atoms with E-state index in [0.717, 1.165) is 0 Å². The summed E-state index contributed by atoms with van der Waals surface area (Å²) in [7, 11) is -2.17. The number of nitrogens with zero attached hydrogens (tertiary/aromatic N) is 1. The van der Waals surface area contributed by atoms with Gasteiger partial charge in [-0.2, -0.15) is 0 Å². The molecule has 0 amide bonds. The normalized spacial score (nSPS) is 8.95. The topological polar surface area (TPSA) is 73.6 Å². The molecular weight excluding hydrogens is 300 g/mol. The van der Waals surface area contributed by atoms with Gasteiger partial charge in [0.25, 0.3) is 0 Å². The van der Waals surface area contributed by atoms with Crippen LogP contribution in [0.1, 0.15) is 0 Å². The number of hydrogen-bond acceptors (Lipinski definition) is 4. The molecule has 0 aliphatic carbocycles. The van der Waals surface area contributed by atoms with Crippen LogP contribution in [0.3, 0.4) is 0 Å². The van der Waals surface area contributed by atoms with E-state index >= 15 is 0 Å². The number of hydrogen-bond donors (Lipinski definition) is 3. The Hall–Kier alpha value is -2.04. The third kappa shape index (κ3) is 7.97. The van der Waals surface area contributed by atoms with Gasteiger partial charge in [-0.3, -0.25) is 4.98 Å².